The number of carbonyl (C=O) groups excluding carboxylic acids is 1. The molecule has 0 saturated heterocycles. The van der Waals surface area contributed by atoms with Gasteiger partial charge in [-0.2, -0.15) is 0 Å². The summed E-state index contributed by atoms with van der Waals surface area (Å²) in [6.07, 6.45) is 0.741. The number of hydrogen-bond donors (Lipinski definition) is 1. The van der Waals surface area contributed by atoms with Crippen molar-refractivity contribution in [2.45, 2.75) is 39.7 Å². The molecule has 0 unspecified atom stereocenters. The van der Waals surface area contributed by atoms with Crippen molar-refractivity contribution in [3.05, 3.63) is 63.7 Å². The summed E-state index contributed by atoms with van der Waals surface area (Å²) in [5.74, 6) is 0.292. The largest absolute Gasteiger partial charge is 0.481 e. The van der Waals surface area contributed by atoms with E-state index in [4.69, 9.17) is 4.74 Å². The van der Waals surface area contributed by atoms with Crippen LogP contribution in [0.4, 0.5) is 11.4 Å². The number of benzene rings is 2. The van der Waals surface area contributed by atoms with Crippen LogP contribution in [0.1, 0.15) is 31.4 Å². The maximum absolute atomic E-state index is 12.5. The highest BCUT2D eigenvalue weighted by atomic mass is 16.6. The Labute approximate surface area is 147 Å². The highest BCUT2D eigenvalue weighted by molar-refractivity contribution is 5.95. The number of nitro groups is 1. The molecule has 6 nitrogen and oxygen atoms in total. The minimum absolute atomic E-state index is 0.0648. The molecule has 2 aromatic carbocycles. The molecule has 0 fully saturated rings. The van der Waals surface area contributed by atoms with Crippen molar-refractivity contribution in [1.82, 2.24) is 0 Å². The van der Waals surface area contributed by atoms with Crippen LogP contribution in [0.3, 0.4) is 0 Å². The zero-order chi connectivity index (χ0) is 18.4. The van der Waals surface area contributed by atoms with Crippen LogP contribution in [0, 0.1) is 17.0 Å². The lowest BCUT2D eigenvalue weighted by atomic mass is 10.1. The zero-order valence-electron chi connectivity index (χ0n) is 14.6. The molecular weight excluding hydrogens is 320 g/mol. The first-order chi connectivity index (χ1) is 11.9. The predicted molar refractivity (Wildman–Crippen MR) is 97.0 cm³/mol. The van der Waals surface area contributed by atoms with E-state index in [-0.39, 0.29) is 11.6 Å². The van der Waals surface area contributed by atoms with E-state index in [0.717, 1.165) is 12.0 Å². The molecule has 1 N–H and O–H groups in total. The third kappa shape index (κ3) is 4.79. The fourth-order valence-electron chi connectivity index (χ4n) is 2.36. The van der Waals surface area contributed by atoms with Crippen molar-refractivity contribution in [3.8, 4) is 5.75 Å². The molecule has 2 rings (SSSR count). The van der Waals surface area contributed by atoms with Gasteiger partial charge in [-0.1, -0.05) is 32.0 Å². The van der Waals surface area contributed by atoms with Gasteiger partial charge in [-0.15, -0.1) is 0 Å². The number of non-ortho nitro benzene ring substituents is 1. The number of hydrogen-bond acceptors (Lipinski definition) is 4. The van der Waals surface area contributed by atoms with Crippen molar-refractivity contribution >= 4 is 17.3 Å². The van der Waals surface area contributed by atoms with Gasteiger partial charge in [-0.05, 0) is 43.0 Å². The lowest BCUT2D eigenvalue weighted by Crippen LogP contribution is -2.32. The van der Waals surface area contributed by atoms with E-state index in [1.165, 1.54) is 17.7 Å². The SMILES string of the molecule is CCc1ccc(O[C@@H](CC)C(=O)Nc2cc([N+](=O)[O-])ccc2C)cc1. The Balaban J connectivity index is 2.11. The molecule has 25 heavy (non-hydrogen) atoms. The minimum atomic E-state index is -0.675. The van der Waals surface area contributed by atoms with E-state index >= 15 is 0 Å². The highest BCUT2D eigenvalue weighted by Crippen LogP contribution is 2.23. The van der Waals surface area contributed by atoms with Crippen LogP contribution in [0.2, 0.25) is 0 Å². The van der Waals surface area contributed by atoms with Gasteiger partial charge in [0.15, 0.2) is 6.10 Å². The van der Waals surface area contributed by atoms with E-state index in [9.17, 15) is 14.9 Å². The number of nitro benzene ring substituents is 1. The molecule has 0 spiro atoms. The van der Waals surface area contributed by atoms with Gasteiger partial charge in [0, 0.05) is 12.1 Å². The predicted octanol–water partition coefficient (Wildman–Crippen LogP) is 4.26. The van der Waals surface area contributed by atoms with Gasteiger partial charge in [0.2, 0.25) is 0 Å². The molecule has 0 aliphatic rings. The fourth-order valence-corrected chi connectivity index (χ4v) is 2.36. The minimum Gasteiger partial charge on any atom is -0.481 e. The van der Waals surface area contributed by atoms with Crippen LogP contribution < -0.4 is 10.1 Å². The van der Waals surface area contributed by atoms with Crippen molar-refractivity contribution in [1.29, 1.82) is 0 Å². The summed E-state index contributed by atoms with van der Waals surface area (Å²) in [7, 11) is 0. The second-order valence-electron chi connectivity index (χ2n) is 5.76. The standard InChI is InChI=1S/C19H22N2O4/c1-4-14-7-10-16(11-8-14)25-18(5-2)19(22)20-17-12-15(21(23)24)9-6-13(17)3/h6-12,18H,4-5H2,1-3H3,(H,20,22)/t18-/m0/s1. The van der Waals surface area contributed by atoms with Crippen LogP contribution in [-0.2, 0) is 11.2 Å². The maximum Gasteiger partial charge on any atom is 0.271 e. The highest BCUT2D eigenvalue weighted by Gasteiger charge is 2.20. The molecule has 0 bridgehead atoms. The Bertz CT molecular complexity index is 757. The first-order valence-electron chi connectivity index (χ1n) is 8.26. The number of nitrogens with one attached hydrogen (secondary N) is 1. The van der Waals surface area contributed by atoms with E-state index in [1.54, 1.807) is 13.0 Å². The Morgan fingerprint density at radius 3 is 2.44 bits per heavy atom. The van der Waals surface area contributed by atoms with E-state index in [2.05, 4.69) is 12.2 Å². The molecular formula is C19H22N2O4. The average Bonchev–Trinajstić information content (AvgIpc) is 2.61. The summed E-state index contributed by atoms with van der Waals surface area (Å²) in [6, 6.07) is 12.0. The zero-order valence-corrected chi connectivity index (χ0v) is 14.6. The molecule has 0 aromatic heterocycles. The lowest BCUT2D eigenvalue weighted by Gasteiger charge is -2.18. The molecule has 1 atom stereocenters. The van der Waals surface area contributed by atoms with Crippen LogP contribution in [0.5, 0.6) is 5.75 Å². The molecule has 2 aromatic rings. The van der Waals surface area contributed by atoms with E-state index in [1.807, 2.05) is 31.2 Å². The summed E-state index contributed by atoms with van der Waals surface area (Å²) < 4.78 is 5.77. The Hall–Kier alpha value is -2.89. The molecule has 1 amide bonds. The van der Waals surface area contributed by atoms with Crippen molar-refractivity contribution in [2.24, 2.45) is 0 Å². The summed E-state index contributed by atoms with van der Waals surface area (Å²) in [5, 5.41) is 13.6. The lowest BCUT2D eigenvalue weighted by molar-refractivity contribution is -0.384. The Morgan fingerprint density at radius 2 is 1.88 bits per heavy atom. The Morgan fingerprint density at radius 1 is 1.20 bits per heavy atom. The second-order valence-corrected chi connectivity index (χ2v) is 5.76. The first kappa shape index (κ1) is 18.4. The first-order valence-corrected chi connectivity index (χ1v) is 8.26. The number of anilines is 1. The van der Waals surface area contributed by atoms with Crippen LogP contribution in [0.15, 0.2) is 42.5 Å². The van der Waals surface area contributed by atoms with Gasteiger partial charge in [0.1, 0.15) is 5.75 Å². The second kappa shape index (κ2) is 8.28. The van der Waals surface area contributed by atoms with Crippen LogP contribution >= 0.6 is 0 Å². The maximum atomic E-state index is 12.5. The molecule has 0 heterocycles. The summed E-state index contributed by atoms with van der Waals surface area (Å²) in [5.41, 5.74) is 2.30. The number of rotatable bonds is 7. The number of carbonyl (C=O) groups is 1. The topological polar surface area (TPSA) is 81.5 Å². The van der Waals surface area contributed by atoms with Crippen molar-refractivity contribution < 1.29 is 14.5 Å². The third-order valence-corrected chi connectivity index (χ3v) is 3.96. The number of ether oxygens (including phenoxy) is 1. The number of aryl methyl sites for hydroxylation is 2. The number of amides is 1. The van der Waals surface area contributed by atoms with E-state index in [0.29, 0.717) is 17.9 Å². The molecule has 0 saturated carbocycles. The number of nitrogens with zero attached hydrogens (tertiary/aromatic N) is 1. The summed E-state index contributed by atoms with van der Waals surface area (Å²) >= 11 is 0. The van der Waals surface area contributed by atoms with Crippen molar-refractivity contribution in [2.75, 3.05) is 5.32 Å². The van der Waals surface area contributed by atoms with E-state index < -0.39 is 11.0 Å². The van der Waals surface area contributed by atoms with Crippen LogP contribution in [-0.4, -0.2) is 16.9 Å². The molecule has 132 valence electrons. The smallest absolute Gasteiger partial charge is 0.271 e. The van der Waals surface area contributed by atoms with Crippen molar-refractivity contribution in [3.63, 3.8) is 0 Å². The average molecular weight is 342 g/mol. The van der Waals surface area contributed by atoms with Gasteiger partial charge in [-0.25, -0.2) is 0 Å². The van der Waals surface area contributed by atoms with Gasteiger partial charge in [-0.3, -0.25) is 14.9 Å². The normalized spacial score (nSPS) is 11.6. The molecule has 6 heteroatoms. The summed E-state index contributed by atoms with van der Waals surface area (Å²) in [6.45, 7) is 5.70. The molecule has 0 aliphatic carbocycles. The van der Waals surface area contributed by atoms with Gasteiger partial charge in [0.25, 0.3) is 11.6 Å². The van der Waals surface area contributed by atoms with Gasteiger partial charge in [0.05, 0.1) is 10.6 Å². The monoisotopic (exact) mass is 342 g/mol. The van der Waals surface area contributed by atoms with Gasteiger partial charge >= 0.3 is 0 Å². The third-order valence-electron chi connectivity index (χ3n) is 3.96. The Kier molecular flexibility index (Phi) is 6.11. The summed E-state index contributed by atoms with van der Waals surface area (Å²) in [4.78, 5) is 22.9. The molecule has 0 aliphatic heterocycles. The molecule has 0 radical (unpaired) electrons. The van der Waals surface area contributed by atoms with Gasteiger partial charge < -0.3 is 10.1 Å². The quantitative estimate of drug-likeness (QED) is 0.602. The van der Waals surface area contributed by atoms with Crippen LogP contribution in [0.25, 0.3) is 0 Å². The fraction of sp³-hybridized carbons (Fsp3) is 0.316.